The van der Waals surface area contributed by atoms with Gasteiger partial charge in [-0.25, -0.2) is 9.67 Å². The third-order valence-electron chi connectivity index (χ3n) is 3.28. The summed E-state index contributed by atoms with van der Waals surface area (Å²) in [6.07, 6.45) is 0. The lowest BCUT2D eigenvalue weighted by atomic mass is 10.1. The molecule has 0 aliphatic carbocycles. The van der Waals surface area contributed by atoms with E-state index < -0.39 is 0 Å². The molecule has 108 valence electrons. The summed E-state index contributed by atoms with van der Waals surface area (Å²) >= 11 is 6.23. The molecule has 2 aromatic rings. The van der Waals surface area contributed by atoms with Crippen LogP contribution in [0.5, 0.6) is 0 Å². The Morgan fingerprint density at radius 3 is 2.50 bits per heavy atom. The zero-order valence-corrected chi connectivity index (χ0v) is 13.4. The number of nitrogens with one attached hydrogen (secondary N) is 1. The van der Waals surface area contributed by atoms with Crippen LogP contribution in [-0.4, -0.2) is 21.8 Å². The molecule has 0 aliphatic heterocycles. The zero-order valence-electron chi connectivity index (χ0n) is 12.7. The van der Waals surface area contributed by atoms with Crippen LogP contribution in [0.25, 0.3) is 5.82 Å². The summed E-state index contributed by atoms with van der Waals surface area (Å²) in [7, 11) is 1.94. The number of rotatable bonds is 4. The van der Waals surface area contributed by atoms with Crippen molar-refractivity contribution >= 4 is 11.6 Å². The Balaban J connectivity index is 2.57. The van der Waals surface area contributed by atoms with Gasteiger partial charge in [-0.05, 0) is 44.5 Å². The maximum Gasteiger partial charge on any atom is 0.154 e. The summed E-state index contributed by atoms with van der Waals surface area (Å²) in [5, 5.41) is 8.37. The average molecular weight is 293 g/mol. The van der Waals surface area contributed by atoms with Crippen molar-refractivity contribution < 1.29 is 0 Å². The number of hydrogen-bond acceptors (Lipinski definition) is 3. The van der Waals surface area contributed by atoms with E-state index in [9.17, 15) is 0 Å². The van der Waals surface area contributed by atoms with Crippen LogP contribution < -0.4 is 5.32 Å². The third-order valence-corrected chi connectivity index (χ3v) is 3.83. The summed E-state index contributed by atoms with van der Waals surface area (Å²) in [6, 6.07) is 4.19. The fourth-order valence-corrected chi connectivity index (χ4v) is 2.27. The molecule has 0 aromatic carbocycles. The highest BCUT2D eigenvalue weighted by Crippen LogP contribution is 2.23. The van der Waals surface area contributed by atoms with Gasteiger partial charge >= 0.3 is 0 Å². The predicted octanol–water partition coefficient (Wildman–Crippen LogP) is 3.38. The molecule has 2 rings (SSSR count). The lowest BCUT2D eigenvalue weighted by Gasteiger charge is -2.12. The van der Waals surface area contributed by atoms with Gasteiger partial charge in [0.15, 0.2) is 5.82 Å². The second-order valence-electron chi connectivity index (χ2n) is 5.34. The number of nitrogens with zero attached hydrogens (tertiary/aromatic N) is 3. The van der Waals surface area contributed by atoms with E-state index in [1.165, 1.54) is 5.56 Å². The van der Waals surface area contributed by atoms with Gasteiger partial charge in [-0.15, -0.1) is 0 Å². The quantitative estimate of drug-likeness (QED) is 0.939. The van der Waals surface area contributed by atoms with Crippen molar-refractivity contribution in [2.75, 3.05) is 7.05 Å². The molecule has 1 N–H and O–H groups in total. The standard InChI is InChI=1S/C15H21ClN4/c1-9(2)13-6-12(8-17-5)7-14(18-13)20-11(4)15(16)10(3)19-20/h6-7,9,17H,8H2,1-5H3. The number of aromatic nitrogens is 3. The summed E-state index contributed by atoms with van der Waals surface area (Å²) < 4.78 is 1.82. The Bertz CT molecular complexity index is 617. The number of pyridine rings is 1. The number of hydrogen-bond donors (Lipinski definition) is 1. The maximum atomic E-state index is 6.23. The van der Waals surface area contributed by atoms with Crippen LogP contribution in [0.15, 0.2) is 12.1 Å². The monoisotopic (exact) mass is 292 g/mol. The number of halogens is 1. The summed E-state index contributed by atoms with van der Waals surface area (Å²) in [6.45, 7) is 8.96. The van der Waals surface area contributed by atoms with E-state index in [1.807, 2.05) is 25.6 Å². The van der Waals surface area contributed by atoms with Crippen LogP contribution in [0, 0.1) is 13.8 Å². The lowest BCUT2D eigenvalue weighted by molar-refractivity contribution is 0.749. The Morgan fingerprint density at radius 1 is 1.30 bits per heavy atom. The minimum atomic E-state index is 0.373. The molecule has 20 heavy (non-hydrogen) atoms. The zero-order chi connectivity index (χ0) is 14.9. The Morgan fingerprint density at radius 2 is 2.00 bits per heavy atom. The molecule has 0 saturated carbocycles. The first-order chi connectivity index (χ1) is 9.43. The van der Waals surface area contributed by atoms with Crippen LogP contribution in [0.3, 0.4) is 0 Å². The average Bonchev–Trinajstić information content (AvgIpc) is 2.66. The molecule has 5 heteroatoms. The molecule has 2 aromatic heterocycles. The van der Waals surface area contributed by atoms with Crippen molar-refractivity contribution in [3.8, 4) is 5.82 Å². The lowest BCUT2D eigenvalue weighted by Crippen LogP contribution is -2.10. The molecular formula is C15H21ClN4. The molecular weight excluding hydrogens is 272 g/mol. The molecule has 0 unspecified atom stereocenters. The molecule has 0 atom stereocenters. The highest BCUT2D eigenvalue weighted by molar-refractivity contribution is 6.31. The fraction of sp³-hybridized carbons (Fsp3) is 0.467. The highest BCUT2D eigenvalue weighted by atomic mass is 35.5. The van der Waals surface area contributed by atoms with E-state index in [0.29, 0.717) is 10.9 Å². The van der Waals surface area contributed by atoms with Gasteiger partial charge in [0.2, 0.25) is 0 Å². The molecule has 4 nitrogen and oxygen atoms in total. The highest BCUT2D eigenvalue weighted by Gasteiger charge is 2.14. The van der Waals surface area contributed by atoms with Gasteiger partial charge in [0.05, 0.1) is 16.4 Å². The molecule has 0 saturated heterocycles. The first kappa shape index (κ1) is 15.0. The predicted molar refractivity (Wildman–Crippen MR) is 82.7 cm³/mol. The van der Waals surface area contributed by atoms with E-state index in [2.05, 4.69) is 36.4 Å². The molecule has 0 radical (unpaired) electrons. The van der Waals surface area contributed by atoms with Gasteiger partial charge in [0.25, 0.3) is 0 Å². The smallest absolute Gasteiger partial charge is 0.154 e. The van der Waals surface area contributed by atoms with Crippen LogP contribution >= 0.6 is 11.6 Å². The maximum absolute atomic E-state index is 6.23. The van der Waals surface area contributed by atoms with E-state index in [1.54, 1.807) is 0 Å². The second-order valence-corrected chi connectivity index (χ2v) is 5.72. The topological polar surface area (TPSA) is 42.7 Å². The summed E-state index contributed by atoms with van der Waals surface area (Å²) in [5.41, 5.74) is 4.02. The fourth-order valence-electron chi connectivity index (χ4n) is 2.15. The second kappa shape index (κ2) is 5.94. The first-order valence-corrected chi connectivity index (χ1v) is 7.19. The normalized spacial score (nSPS) is 11.3. The van der Waals surface area contributed by atoms with Gasteiger partial charge < -0.3 is 5.32 Å². The van der Waals surface area contributed by atoms with E-state index in [0.717, 1.165) is 29.4 Å². The minimum absolute atomic E-state index is 0.373. The Kier molecular flexibility index (Phi) is 4.45. The van der Waals surface area contributed by atoms with Gasteiger partial charge in [-0.1, -0.05) is 25.4 Å². The molecule has 0 amide bonds. The molecule has 0 aliphatic rings. The SMILES string of the molecule is CNCc1cc(C(C)C)nc(-n2nc(C)c(Cl)c2C)c1. The molecule has 0 bridgehead atoms. The molecule has 2 heterocycles. The Labute approximate surface area is 125 Å². The van der Waals surface area contributed by atoms with Crippen LogP contribution in [0.1, 0.15) is 42.4 Å². The molecule has 0 spiro atoms. The van der Waals surface area contributed by atoms with Gasteiger partial charge in [0, 0.05) is 12.2 Å². The summed E-state index contributed by atoms with van der Waals surface area (Å²) in [5.74, 6) is 1.20. The van der Waals surface area contributed by atoms with Crippen molar-refractivity contribution in [3.05, 3.63) is 39.8 Å². The van der Waals surface area contributed by atoms with Crippen molar-refractivity contribution in [3.63, 3.8) is 0 Å². The van der Waals surface area contributed by atoms with Gasteiger partial charge in [-0.3, -0.25) is 0 Å². The van der Waals surface area contributed by atoms with Crippen LogP contribution in [-0.2, 0) is 6.54 Å². The van der Waals surface area contributed by atoms with Crippen molar-refractivity contribution in [1.82, 2.24) is 20.1 Å². The number of aryl methyl sites for hydroxylation is 1. The summed E-state index contributed by atoms with van der Waals surface area (Å²) in [4.78, 5) is 4.71. The Hall–Kier alpha value is -1.39. The molecule has 0 fully saturated rings. The van der Waals surface area contributed by atoms with E-state index in [4.69, 9.17) is 16.6 Å². The van der Waals surface area contributed by atoms with Crippen molar-refractivity contribution in [2.24, 2.45) is 0 Å². The van der Waals surface area contributed by atoms with Crippen LogP contribution in [0.4, 0.5) is 0 Å². The van der Waals surface area contributed by atoms with Crippen molar-refractivity contribution in [2.45, 2.75) is 40.2 Å². The van der Waals surface area contributed by atoms with E-state index in [-0.39, 0.29) is 0 Å². The first-order valence-electron chi connectivity index (χ1n) is 6.81. The van der Waals surface area contributed by atoms with Crippen molar-refractivity contribution in [1.29, 1.82) is 0 Å². The van der Waals surface area contributed by atoms with Crippen LogP contribution in [0.2, 0.25) is 5.02 Å². The van der Waals surface area contributed by atoms with Gasteiger partial charge in [-0.2, -0.15) is 5.10 Å². The van der Waals surface area contributed by atoms with Gasteiger partial charge in [0.1, 0.15) is 0 Å². The minimum Gasteiger partial charge on any atom is -0.316 e. The van der Waals surface area contributed by atoms with E-state index >= 15 is 0 Å². The largest absolute Gasteiger partial charge is 0.316 e. The third kappa shape index (κ3) is 2.86.